The van der Waals surface area contributed by atoms with Crippen molar-refractivity contribution in [3.63, 3.8) is 0 Å². The summed E-state index contributed by atoms with van der Waals surface area (Å²) in [7, 11) is 0. The van der Waals surface area contributed by atoms with E-state index < -0.39 is 0 Å². The Labute approximate surface area is 122 Å². The monoisotopic (exact) mass is 293 g/mol. The second-order valence-corrected chi connectivity index (χ2v) is 6.42. The number of aromatic nitrogens is 1. The average molecular weight is 293 g/mol. The Morgan fingerprint density at radius 1 is 1.40 bits per heavy atom. The number of benzene rings is 1. The van der Waals surface area contributed by atoms with Gasteiger partial charge in [0.1, 0.15) is 5.82 Å². The minimum absolute atomic E-state index is 0.194. The van der Waals surface area contributed by atoms with Crippen LogP contribution in [0.5, 0.6) is 0 Å². The molecule has 1 aliphatic rings. The molecule has 20 heavy (non-hydrogen) atoms. The maximum absolute atomic E-state index is 13.2. The highest BCUT2D eigenvalue weighted by molar-refractivity contribution is 7.22. The first-order valence-corrected chi connectivity index (χ1v) is 8.11. The number of likely N-dealkylation sites (tertiary alicyclic amines) is 1. The molecule has 2 aromatic rings. The third-order valence-electron chi connectivity index (χ3n) is 3.81. The lowest BCUT2D eigenvalue weighted by Crippen LogP contribution is -2.39. The van der Waals surface area contributed by atoms with Gasteiger partial charge >= 0.3 is 0 Å². The van der Waals surface area contributed by atoms with Crippen LogP contribution in [0.4, 0.5) is 9.52 Å². The van der Waals surface area contributed by atoms with Gasteiger partial charge in [-0.2, -0.15) is 0 Å². The molecule has 108 valence electrons. The Morgan fingerprint density at radius 2 is 2.20 bits per heavy atom. The summed E-state index contributed by atoms with van der Waals surface area (Å²) in [6.45, 7) is 5.74. The van der Waals surface area contributed by atoms with Crippen molar-refractivity contribution in [1.82, 2.24) is 9.88 Å². The number of halogens is 1. The van der Waals surface area contributed by atoms with E-state index in [0.717, 1.165) is 41.3 Å². The van der Waals surface area contributed by atoms with Crippen molar-refractivity contribution in [2.24, 2.45) is 0 Å². The maximum atomic E-state index is 13.2. The standard InChI is InChI=1S/C15H20FN3S/c1-2-7-19-8-5-12(6-9-19)17-15-18-13-4-3-11(16)10-14(13)20-15/h3-4,10,12H,2,5-9H2,1H3,(H,17,18). The van der Waals surface area contributed by atoms with Crippen LogP contribution in [0.3, 0.4) is 0 Å². The van der Waals surface area contributed by atoms with Gasteiger partial charge in [-0.3, -0.25) is 0 Å². The van der Waals surface area contributed by atoms with Crippen molar-refractivity contribution in [3.8, 4) is 0 Å². The van der Waals surface area contributed by atoms with Gasteiger partial charge in [-0.05, 0) is 44.0 Å². The second-order valence-electron chi connectivity index (χ2n) is 5.39. The molecule has 0 atom stereocenters. The molecule has 0 unspecified atom stereocenters. The van der Waals surface area contributed by atoms with E-state index in [1.807, 2.05) is 0 Å². The first-order valence-electron chi connectivity index (χ1n) is 7.29. The quantitative estimate of drug-likeness (QED) is 0.931. The molecular formula is C15H20FN3S. The lowest BCUT2D eigenvalue weighted by atomic mass is 10.1. The molecule has 2 heterocycles. The molecule has 1 N–H and O–H groups in total. The van der Waals surface area contributed by atoms with Gasteiger partial charge in [-0.1, -0.05) is 18.3 Å². The molecule has 0 spiro atoms. The summed E-state index contributed by atoms with van der Waals surface area (Å²) < 4.78 is 14.1. The van der Waals surface area contributed by atoms with E-state index in [-0.39, 0.29) is 5.82 Å². The third kappa shape index (κ3) is 3.10. The molecule has 0 saturated carbocycles. The molecule has 0 bridgehead atoms. The normalized spacial score (nSPS) is 17.7. The van der Waals surface area contributed by atoms with Crippen molar-refractivity contribution in [2.75, 3.05) is 25.0 Å². The van der Waals surface area contributed by atoms with E-state index in [2.05, 4.69) is 22.1 Å². The van der Waals surface area contributed by atoms with Crippen LogP contribution >= 0.6 is 11.3 Å². The van der Waals surface area contributed by atoms with Crippen LogP contribution in [0.25, 0.3) is 10.2 Å². The first kappa shape index (κ1) is 13.8. The van der Waals surface area contributed by atoms with E-state index in [0.29, 0.717) is 6.04 Å². The number of fused-ring (bicyclic) bond motifs is 1. The highest BCUT2D eigenvalue weighted by Crippen LogP contribution is 2.28. The summed E-state index contributed by atoms with van der Waals surface area (Å²) >= 11 is 1.54. The summed E-state index contributed by atoms with van der Waals surface area (Å²) in [6.07, 6.45) is 3.54. The highest BCUT2D eigenvalue weighted by atomic mass is 32.1. The number of rotatable bonds is 4. The number of thiazole rings is 1. The van der Waals surface area contributed by atoms with Crippen molar-refractivity contribution in [1.29, 1.82) is 0 Å². The van der Waals surface area contributed by atoms with E-state index >= 15 is 0 Å². The predicted octanol–water partition coefficient (Wildman–Crippen LogP) is 3.72. The number of hydrogen-bond donors (Lipinski definition) is 1. The lowest BCUT2D eigenvalue weighted by molar-refractivity contribution is 0.219. The molecule has 1 aromatic carbocycles. The molecule has 0 radical (unpaired) electrons. The number of nitrogens with one attached hydrogen (secondary N) is 1. The van der Waals surface area contributed by atoms with Crippen LogP contribution < -0.4 is 5.32 Å². The SMILES string of the molecule is CCCN1CCC(Nc2nc3ccc(F)cc3s2)CC1. The zero-order valence-electron chi connectivity index (χ0n) is 11.7. The Hall–Kier alpha value is -1.20. The number of piperidine rings is 1. The van der Waals surface area contributed by atoms with Crippen molar-refractivity contribution in [2.45, 2.75) is 32.2 Å². The summed E-state index contributed by atoms with van der Waals surface area (Å²) in [5.74, 6) is -0.194. The van der Waals surface area contributed by atoms with Gasteiger partial charge in [-0.25, -0.2) is 9.37 Å². The minimum Gasteiger partial charge on any atom is -0.359 e. The molecular weight excluding hydrogens is 273 g/mol. The van der Waals surface area contributed by atoms with Gasteiger partial charge in [0.25, 0.3) is 0 Å². The topological polar surface area (TPSA) is 28.2 Å². The fraction of sp³-hybridized carbons (Fsp3) is 0.533. The summed E-state index contributed by atoms with van der Waals surface area (Å²) in [6, 6.07) is 5.27. The Balaban J connectivity index is 1.62. The Bertz CT molecular complexity index is 576. The third-order valence-corrected chi connectivity index (χ3v) is 4.75. The van der Waals surface area contributed by atoms with E-state index in [1.165, 1.54) is 19.0 Å². The zero-order valence-corrected chi connectivity index (χ0v) is 12.5. The van der Waals surface area contributed by atoms with E-state index in [4.69, 9.17) is 0 Å². The second kappa shape index (κ2) is 6.06. The van der Waals surface area contributed by atoms with Crippen molar-refractivity contribution in [3.05, 3.63) is 24.0 Å². The summed E-state index contributed by atoms with van der Waals surface area (Å²) in [5.41, 5.74) is 0.877. The van der Waals surface area contributed by atoms with E-state index in [9.17, 15) is 4.39 Å². The number of anilines is 1. The number of nitrogens with zero attached hydrogens (tertiary/aromatic N) is 2. The van der Waals surface area contributed by atoms with Crippen LogP contribution in [0.2, 0.25) is 0 Å². The lowest BCUT2D eigenvalue weighted by Gasteiger charge is -2.31. The Morgan fingerprint density at radius 3 is 2.95 bits per heavy atom. The van der Waals surface area contributed by atoms with Gasteiger partial charge in [0.05, 0.1) is 10.2 Å². The molecule has 1 saturated heterocycles. The molecule has 0 aliphatic carbocycles. The molecule has 3 rings (SSSR count). The molecule has 5 heteroatoms. The van der Waals surface area contributed by atoms with Gasteiger partial charge < -0.3 is 10.2 Å². The first-order chi connectivity index (χ1) is 9.74. The highest BCUT2D eigenvalue weighted by Gasteiger charge is 2.19. The van der Waals surface area contributed by atoms with Gasteiger partial charge in [-0.15, -0.1) is 0 Å². The van der Waals surface area contributed by atoms with Crippen LogP contribution in [0, 0.1) is 5.82 Å². The summed E-state index contributed by atoms with van der Waals surface area (Å²) in [4.78, 5) is 7.05. The predicted molar refractivity (Wildman–Crippen MR) is 83.0 cm³/mol. The fourth-order valence-electron chi connectivity index (χ4n) is 2.75. The van der Waals surface area contributed by atoms with E-state index in [1.54, 1.807) is 23.5 Å². The van der Waals surface area contributed by atoms with Crippen LogP contribution in [0.15, 0.2) is 18.2 Å². The number of hydrogen-bond acceptors (Lipinski definition) is 4. The van der Waals surface area contributed by atoms with Crippen LogP contribution in [-0.4, -0.2) is 35.6 Å². The van der Waals surface area contributed by atoms with Gasteiger partial charge in [0.2, 0.25) is 0 Å². The minimum atomic E-state index is -0.194. The smallest absolute Gasteiger partial charge is 0.184 e. The zero-order chi connectivity index (χ0) is 13.9. The van der Waals surface area contributed by atoms with Crippen molar-refractivity contribution >= 4 is 26.7 Å². The fourth-order valence-corrected chi connectivity index (χ4v) is 3.72. The van der Waals surface area contributed by atoms with Gasteiger partial charge in [0.15, 0.2) is 5.13 Å². The average Bonchev–Trinajstić information content (AvgIpc) is 2.82. The molecule has 3 nitrogen and oxygen atoms in total. The molecule has 0 amide bonds. The molecule has 1 aromatic heterocycles. The Kier molecular flexibility index (Phi) is 4.17. The largest absolute Gasteiger partial charge is 0.359 e. The van der Waals surface area contributed by atoms with Gasteiger partial charge in [0, 0.05) is 19.1 Å². The van der Waals surface area contributed by atoms with Crippen molar-refractivity contribution < 1.29 is 4.39 Å². The van der Waals surface area contributed by atoms with Crippen LogP contribution in [-0.2, 0) is 0 Å². The summed E-state index contributed by atoms with van der Waals surface area (Å²) in [5, 5.41) is 4.43. The molecule has 1 fully saturated rings. The maximum Gasteiger partial charge on any atom is 0.184 e. The van der Waals surface area contributed by atoms with Crippen LogP contribution in [0.1, 0.15) is 26.2 Å². The molecule has 1 aliphatic heterocycles.